The van der Waals surface area contributed by atoms with Crippen LogP contribution in [0.25, 0.3) is 0 Å². The summed E-state index contributed by atoms with van der Waals surface area (Å²) in [5.74, 6) is 0.101. The van der Waals surface area contributed by atoms with Crippen molar-refractivity contribution < 1.29 is 19.5 Å². The second-order valence-corrected chi connectivity index (χ2v) is 7.74. The van der Waals surface area contributed by atoms with Crippen molar-refractivity contribution in [1.82, 2.24) is 15.1 Å². The highest BCUT2D eigenvalue weighted by molar-refractivity contribution is 5.98. The molecule has 2 atom stereocenters. The van der Waals surface area contributed by atoms with Gasteiger partial charge in [-0.05, 0) is 30.5 Å². The summed E-state index contributed by atoms with van der Waals surface area (Å²) in [6.07, 6.45) is 4.45. The molecule has 3 amide bonds. The van der Waals surface area contributed by atoms with Crippen LogP contribution in [0, 0.1) is 5.92 Å². The van der Waals surface area contributed by atoms with Crippen molar-refractivity contribution in [2.75, 3.05) is 19.6 Å². The normalized spacial score (nSPS) is 26.1. The molecule has 3 aliphatic rings. The van der Waals surface area contributed by atoms with E-state index >= 15 is 0 Å². The van der Waals surface area contributed by atoms with E-state index in [1.807, 2.05) is 0 Å². The summed E-state index contributed by atoms with van der Waals surface area (Å²) < 4.78 is 0. The van der Waals surface area contributed by atoms with Gasteiger partial charge in [-0.2, -0.15) is 0 Å². The molecule has 2 saturated heterocycles. The van der Waals surface area contributed by atoms with Gasteiger partial charge in [0.2, 0.25) is 17.7 Å². The predicted octanol–water partition coefficient (Wildman–Crippen LogP) is 0.663. The molecule has 7 nitrogen and oxygen atoms in total. The average molecular weight is 371 g/mol. The van der Waals surface area contributed by atoms with Crippen LogP contribution in [0.15, 0.2) is 24.3 Å². The smallest absolute Gasteiger partial charge is 0.246 e. The van der Waals surface area contributed by atoms with E-state index in [1.165, 1.54) is 0 Å². The van der Waals surface area contributed by atoms with Crippen LogP contribution in [0.4, 0.5) is 0 Å². The molecule has 2 aliphatic heterocycles. The molecule has 0 radical (unpaired) electrons. The summed E-state index contributed by atoms with van der Waals surface area (Å²) in [5.41, 5.74) is 0.875. The van der Waals surface area contributed by atoms with Crippen LogP contribution < -0.4 is 5.32 Å². The number of aromatic hydroxyl groups is 1. The van der Waals surface area contributed by atoms with Crippen molar-refractivity contribution in [3.63, 3.8) is 0 Å². The number of hydrogen-bond acceptors (Lipinski definition) is 4. The first-order chi connectivity index (χ1) is 13.0. The van der Waals surface area contributed by atoms with E-state index in [0.29, 0.717) is 26.1 Å². The molecule has 0 bridgehead atoms. The topological polar surface area (TPSA) is 89.9 Å². The summed E-state index contributed by atoms with van der Waals surface area (Å²) >= 11 is 0. The van der Waals surface area contributed by atoms with Crippen molar-refractivity contribution in [1.29, 1.82) is 0 Å². The number of amides is 3. The number of phenols is 1. The van der Waals surface area contributed by atoms with Crippen molar-refractivity contribution >= 4 is 17.7 Å². The number of fused-ring (bicyclic) bond motifs is 1. The first-order valence-corrected chi connectivity index (χ1v) is 9.70. The minimum absolute atomic E-state index is 0.0844. The van der Waals surface area contributed by atoms with Gasteiger partial charge in [0.25, 0.3) is 0 Å². The third kappa shape index (κ3) is 3.50. The monoisotopic (exact) mass is 371 g/mol. The predicted molar refractivity (Wildman–Crippen MR) is 97.8 cm³/mol. The molecular formula is C20H25N3O4. The number of nitrogens with one attached hydrogen (secondary N) is 1. The molecule has 27 heavy (non-hydrogen) atoms. The van der Waals surface area contributed by atoms with Gasteiger partial charge in [0.15, 0.2) is 0 Å². The zero-order chi connectivity index (χ0) is 19.0. The number of carbonyl (C=O) groups is 3. The van der Waals surface area contributed by atoms with Gasteiger partial charge in [0.05, 0.1) is 6.54 Å². The number of piperazine rings is 2. The summed E-state index contributed by atoms with van der Waals surface area (Å²) in [4.78, 5) is 41.6. The third-order valence-electron chi connectivity index (χ3n) is 5.97. The van der Waals surface area contributed by atoms with Gasteiger partial charge in [-0.1, -0.05) is 25.0 Å². The number of nitrogens with zero attached hydrogens (tertiary/aromatic N) is 2. The van der Waals surface area contributed by atoms with Crippen LogP contribution in [0.5, 0.6) is 5.75 Å². The largest absolute Gasteiger partial charge is 0.508 e. The minimum atomic E-state index is -0.602. The average Bonchev–Trinajstić information content (AvgIpc) is 3.21. The standard InChI is InChI=1S/C20H25N3O4/c24-15-7-5-13(6-8-15)11-16-20(27)23-10-9-22(12-17(23)18(25)21-16)19(26)14-3-1-2-4-14/h5-8,14,16-17,24H,1-4,9-12H2,(H,21,25)/t16-,17+/m1/s1. The number of phenolic OH excluding ortho intramolecular Hbond substituents is 1. The van der Waals surface area contributed by atoms with E-state index in [9.17, 15) is 19.5 Å². The lowest BCUT2D eigenvalue weighted by Gasteiger charge is -2.45. The first-order valence-electron chi connectivity index (χ1n) is 9.70. The Labute approximate surface area is 158 Å². The molecule has 1 aromatic rings. The van der Waals surface area contributed by atoms with Gasteiger partial charge in [-0.3, -0.25) is 14.4 Å². The van der Waals surface area contributed by atoms with Gasteiger partial charge in [-0.15, -0.1) is 0 Å². The fourth-order valence-electron chi connectivity index (χ4n) is 4.44. The Balaban J connectivity index is 1.42. The number of hydrogen-bond donors (Lipinski definition) is 2. The molecule has 0 unspecified atom stereocenters. The quantitative estimate of drug-likeness (QED) is 0.817. The lowest BCUT2D eigenvalue weighted by Crippen LogP contribution is -2.70. The molecule has 1 aliphatic carbocycles. The summed E-state index contributed by atoms with van der Waals surface area (Å²) in [6.45, 7) is 1.19. The van der Waals surface area contributed by atoms with E-state index in [0.717, 1.165) is 31.2 Å². The molecule has 4 rings (SSSR count). The highest BCUT2D eigenvalue weighted by Gasteiger charge is 2.44. The third-order valence-corrected chi connectivity index (χ3v) is 5.97. The molecule has 2 heterocycles. The van der Waals surface area contributed by atoms with Crippen LogP contribution >= 0.6 is 0 Å². The maximum atomic E-state index is 12.9. The molecular weight excluding hydrogens is 346 g/mol. The Bertz CT molecular complexity index is 742. The fourth-order valence-corrected chi connectivity index (χ4v) is 4.44. The van der Waals surface area contributed by atoms with Crippen molar-refractivity contribution in [3.8, 4) is 5.75 Å². The van der Waals surface area contributed by atoms with Gasteiger partial charge < -0.3 is 20.2 Å². The Morgan fingerprint density at radius 3 is 2.52 bits per heavy atom. The Morgan fingerprint density at radius 1 is 1.11 bits per heavy atom. The van der Waals surface area contributed by atoms with Gasteiger partial charge >= 0.3 is 0 Å². The van der Waals surface area contributed by atoms with Crippen molar-refractivity contribution in [3.05, 3.63) is 29.8 Å². The van der Waals surface area contributed by atoms with Gasteiger partial charge in [-0.25, -0.2) is 0 Å². The fraction of sp³-hybridized carbons (Fsp3) is 0.550. The summed E-state index contributed by atoms with van der Waals surface area (Å²) in [5, 5.41) is 12.2. The second-order valence-electron chi connectivity index (χ2n) is 7.74. The molecule has 7 heteroatoms. The lowest BCUT2D eigenvalue weighted by atomic mass is 9.97. The molecule has 3 fully saturated rings. The first kappa shape index (κ1) is 17.8. The molecule has 2 N–H and O–H groups in total. The van der Waals surface area contributed by atoms with E-state index in [4.69, 9.17) is 0 Å². The maximum Gasteiger partial charge on any atom is 0.246 e. The molecule has 0 aromatic heterocycles. The highest BCUT2D eigenvalue weighted by Crippen LogP contribution is 2.28. The number of carbonyl (C=O) groups excluding carboxylic acids is 3. The zero-order valence-corrected chi connectivity index (χ0v) is 15.3. The highest BCUT2D eigenvalue weighted by atomic mass is 16.3. The van der Waals surface area contributed by atoms with Crippen LogP contribution in [0.1, 0.15) is 31.2 Å². The van der Waals surface area contributed by atoms with E-state index in [2.05, 4.69) is 5.32 Å². The number of rotatable bonds is 3. The van der Waals surface area contributed by atoms with Crippen LogP contribution in [-0.4, -0.2) is 64.3 Å². The maximum absolute atomic E-state index is 12.9. The SMILES string of the molecule is O=C1N[C@H](Cc2ccc(O)cc2)C(=O)N2CCN(C(=O)C3CCCC3)C[C@@H]12. The minimum Gasteiger partial charge on any atom is -0.508 e. The van der Waals surface area contributed by atoms with E-state index in [1.54, 1.807) is 34.1 Å². The molecule has 1 saturated carbocycles. The molecule has 0 spiro atoms. The molecule has 1 aromatic carbocycles. The second kappa shape index (κ2) is 7.21. The van der Waals surface area contributed by atoms with E-state index in [-0.39, 0.29) is 29.4 Å². The van der Waals surface area contributed by atoms with Crippen LogP contribution in [-0.2, 0) is 20.8 Å². The lowest BCUT2D eigenvalue weighted by molar-refractivity contribution is -0.156. The Hall–Kier alpha value is -2.57. The molecule has 144 valence electrons. The van der Waals surface area contributed by atoms with Gasteiger partial charge in [0.1, 0.15) is 17.8 Å². The Morgan fingerprint density at radius 2 is 1.81 bits per heavy atom. The van der Waals surface area contributed by atoms with Crippen LogP contribution in [0.3, 0.4) is 0 Å². The number of benzene rings is 1. The Kier molecular flexibility index (Phi) is 4.76. The summed E-state index contributed by atoms with van der Waals surface area (Å²) in [6, 6.07) is 5.45. The van der Waals surface area contributed by atoms with Crippen molar-refractivity contribution in [2.24, 2.45) is 5.92 Å². The zero-order valence-electron chi connectivity index (χ0n) is 15.3. The summed E-state index contributed by atoms with van der Waals surface area (Å²) in [7, 11) is 0. The van der Waals surface area contributed by atoms with E-state index < -0.39 is 12.1 Å². The van der Waals surface area contributed by atoms with Crippen molar-refractivity contribution in [2.45, 2.75) is 44.2 Å². The van der Waals surface area contributed by atoms with Crippen LogP contribution in [0.2, 0.25) is 0 Å². The van der Waals surface area contributed by atoms with Gasteiger partial charge in [0, 0.05) is 25.4 Å².